The lowest BCUT2D eigenvalue weighted by Gasteiger charge is -2.27. The predicted molar refractivity (Wildman–Crippen MR) is 111 cm³/mol. The molecule has 1 amide bonds. The van der Waals surface area contributed by atoms with Gasteiger partial charge in [-0.05, 0) is 41.7 Å². The minimum atomic E-state index is -4.38. The van der Waals surface area contributed by atoms with Crippen molar-refractivity contribution in [3.05, 3.63) is 70.8 Å². The van der Waals surface area contributed by atoms with E-state index in [9.17, 15) is 18.0 Å². The highest BCUT2D eigenvalue weighted by molar-refractivity contribution is 5.81. The quantitative estimate of drug-likeness (QED) is 0.617. The van der Waals surface area contributed by atoms with E-state index in [-0.39, 0.29) is 11.8 Å². The number of hydrogen-bond acceptors (Lipinski definition) is 3. The molecule has 1 saturated heterocycles. The summed E-state index contributed by atoms with van der Waals surface area (Å²) >= 11 is 0. The molecule has 1 fully saturated rings. The summed E-state index contributed by atoms with van der Waals surface area (Å²) in [6, 6.07) is 12.4. The lowest BCUT2D eigenvalue weighted by atomic mass is 9.96. The fourth-order valence-electron chi connectivity index (χ4n) is 3.46. The largest absolute Gasteiger partial charge is 0.416 e. The lowest BCUT2D eigenvalue weighted by molar-refractivity contribution is -0.138. The van der Waals surface area contributed by atoms with Crippen molar-refractivity contribution in [2.45, 2.75) is 51.6 Å². The zero-order valence-corrected chi connectivity index (χ0v) is 17.9. The molecule has 2 aromatic rings. The van der Waals surface area contributed by atoms with Crippen LogP contribution in [0, 0.1) is 5.92 Å². The van der Waals surface area contributed by atoms with Crippen LogP contribution < -0.4 is 5.32 Å². The number of carbonyl (C=O) groups excluding carboxylic acids is 1. The Morgan fingerprint density at radius 2 is 1.81 bits per heavy atom. The summed E-state index contributed by atoms with van der Waals surface area (Å²) in [5.74, 6) is 0.0580. The molecular formula is C24H28F3NO3. The molecule has 0 spiro atoms. The van der Waals surface area contributed by atoms with Crippen molar-refractivity contribution in [2.75, 3.05) is 13.2 Å². The molecule has 0 bridgehead atoms. The van der Waals surface area contributed by atoms with Gasteiger partial charge in [0.15, 0.2) is 0 Å². The van der Waals surface area contributed by atoms with E-state index in [2.05, 4.69) is 17.4 Å². The van der Waals surface area contributed by atoms with Crippen molar-refractivity contribution >= 4 is 5.91 Å². The van der Waals surface area contributed by atoms with Crippen LogP contribution in [0.1, 0.15) is 55.0 Å². The van der Waals surface area contributed by atoms with Gasteiger partial charge in [-0.1, -0.05) is 50.2 Å². The first-order chi connectivity index (χ1) is 14.6. The van der Waals surface area contributed by atoms with Crippen molar-refractivity contribution in [1.29, 1.82) is 0 Å². The summed E-state index contributed by atoms with van der Waals surface area (Å²) in [5.41, 5.74) is 2.07. The standard InChI is InChI=1S/C24H28F3NO3/c1-15(2)22(31-12-17-5-4-6-19(11-17)20-13-30-14-20)23(29)28-16(3)18-7-9-21(10-8-18)24(25,26)27/h4-11,15-16,20,22H,12-14H2,1-3H3,(H,28,29)/t16-,22?/m0/s1. The highest BCUT2D eigenvalue weighted by Crippen LogP contribution is 2.30. The second kappa shape index (κ2) is 9.83. The third kappa shape index (κ3) is 6.08. The van der Waals surface area contributed by atoms with Crippen LogP contribution in [0.2, 0.25) is 0 Å². The van der Waals surface area contributed by atoms with Crippen molar-refractivity contribution in [1.82, 2.24) is 5.32 Å². The summed E-state index contributed by atoms with van der Waals surface area (Å²) in [4.78, 5) is 12.8. The Morgan fingerprint density at radius 3 is 2.35 bits per heavy atom. The third-order valence-electron chi connectivity index (χ3n) is 5.45. The normalized spacial score (nSPS) is 16.6. The number of benzene rings is 2. The smallest absolute Gasteiger partial charge is 0.380 e. The van der Waals surface area contributed by atoms with Gasteiger partial charge in [-0.2, -0.15) is 13.2 Å². The van der Waals surface area contributed by atoms with E-state index in [1.807, 2.05) is 26.0 Å². The lowest BCUT2D eigenvalue weighted by Crippen LogP contribution is -2.40. The minimum absolute atomic E-state index is 0.0666. The van der Waals surface area contributed by atoms with Crippen LogP contribution in [0.15, 0.2) is 48.5 Å². The maximum Gasteiger partial charge on any atom is 0.416 e. The molecule has 4 nitrogen and oxygen atoms in total. The van der Waals surface area contributed by atoms with E-state index in [0.29, 0.717) is 18.1 Å². The van der Waals surface area contributed by atoms with Crippen LogP contribution in [0.3, 0.4) is 0 Å². The number of rotatable bonds is 8. The van der Waals surface area contributed by atoms with Crippen molar-refractivity contribution < 1.29 is 27.4 Å². The summed E-state index contributed by atoms with van der Waals surface area (Å²) < 4.78 is 49.4. The number of alkyl halides is 3. The van der Waals surface area contributed by atoms with Gasteiger partial charge in [-0.3, -0.25) is 4.79 Å². The van der Waals surface area contributed by atoms with Crippen molar-refractivity contribution in [2.24, 2.45) is 5.92 Å². The van der Waals surface area contributed by atoms with Crippen LogP contribution >= 0.6 is 0 Å². The van der Waals surface area contributed by atoms with E-state index in [1.54, 1.807) is 6.92 Å². The third-order valence-corrected chi connectivity index (χ3v) is 5.45. The van der Waals surface area contributed by atoms with Crippen LogP contribution in [0.5, 0.6) is 0 Å². The monoisotopic (exact) mass is 435 g/mol. The van der Waals surface area contributed by atoms with Gasteiger partial charge in [-0.15, -0.1) is 0 Å². The number of nitrogens with one attached hydrogen (secondary N) is 1. The molecule has 0 radical (unpaired) electrons. The van der Waals surface area contributed by atoms with Crippen LogP contribution in [-0.2, 0) is 27.1 Å². The van der Waals surface area contributed by atoms with Crippen molar-refractivity contribution in [3.63, 3.8) is 0 Å². The minimum Gasteiger partial charge on any atom is -0.380 e. The van der Waals surface area contributed by atoms with E-state index in [0.717, 1.165) is 30.9 Å². The Morgan fingerprint density at radius 1 is 1.13 bits per heavy atom. The first-order valence-corrected chi connectivity index (χ1v) is 10.4. The SMILES string of the molecule is CC(C)C(OCc1cccc(C2COC2)c1)C(=O)N[C@@H](C)c1ccc(C(F)(F)F)cc1. The average Bonchev–Trinajstić information content (AvgIpc) is 2.66. The number of halogens is 3. The Balaban J connectivity index is 1.60. The highest BCUT2D eigenvalue weighted by Gasteiger charge is 2.30. The summed E-state index contributed by atoms with van der Waals surface area (Å²) in [6.07, 6.45) is -5.06. The average molecular weight is 435 g/mol. The molecule has 31 heavy (non-hydrogen) atoms. The van der Waals surface area contributed by atoms with Gasteiger partial charge in [-0.25, -0.2) is 0 Å². The van der Waals surface area contributed by atoms with Crippen molar-refractivity contribution in [3.8, 4) is 0 Å². The first kappa shape index (κ1) is 23.3. The number of carbonyl (C=O) groups is 1. The van der Waals surface area contributed by atoms with Gasteiger partial charge in [0.1, 0.15) is 6.10 Å². The van der Waals surface area contributed by atoms with Gasteiger partial charge in [0, 0.05) is 5.92 Å². The second-order valence-corrected chi connectivity index (χ2v) is 8.31. The Bertz CT molecular complexity index is 876. The molecule has 0 aliphatic carbocycles. The molecular weight excluding hydrogens is 407 g/mol. The van der Waals surface area contributed by atoms with E-state index < -0.39 is 23.9 Å². The molecule has 1 unspecified atom stereocenters. The topological polar surface area (TPSA) is 47.6 Å². The molecule has 1 aliphatic heterocycles. The molecule has 2 atom stereocenters. The Labute approximate surface area is 180 Å². The van der Waals surface area contributed by atoms with Crippen LogP contribution in [0.4, 0.5) is 13.2 Å². The second-order valence-electron chi connectivity index (χ2n) is 8.31. The van der Waals surface area contributed by atoms with Gasteiger partial charge in [0.05, 0.1) is 31.4 Å². The van der Waals surface area contributed by atoms with Gasteiger partial charge >= 0.3 is 6.18 Å². The molecule has 7 heteroatoms. The molecule has 0 saturated carbocycles. The fourth-order valence-corrected chi connectivity index (χ4v) is 3.46. The molecule has 1 heterocycles. The number of ether oxygens (including phenoxy) is 2. The van der Waals surface area contributed by atoms with Crippen LogP contribution in [0.25, 0.3) is 0 Å². The molecule has 0 aromatic heterocycles. The maximum atomic E-state index is 12.8. The van der Waals surface area contributed by atoms with Gasteiger partial charge in [0.25, 0.3) is 0 Å². The Kier molecular flexibility index (Phi) is 7.38. The van der Waals surface area contributed by atoms with Gasteiger partial charge < -0.3 is 14.8 Å². The summed E-state index contributed by atoms with van der Waals surface area (Å²) in [7, 11) is 0. The zero-order valence-electron chi connectivity index (χ0n) is 17.9. The summed E-state index contributed by atoms with van der Waals surface area (Å²) in [6.45, 7) is 7.28. The molecule has 168 valence electrons. The fraction of sp³-hybridized carbons (Fsp3) is 0.458. The number of hydrogen-bond donors (Lipinski definition) is 1. The highest BCUT2D eigenvalue weighted by atomic mass is 19.4. The van der Waals surface area contributed by atoms with Crippen LogP contribution in [-0.4, -0.2) is 25.2 Å². The molecule has 3 rings (SSSR count). The van der Waals surface area contributed by atoms with Gasteiger partial charge in [0.2, 0.25) is 5.91 Å². The summed E-state index contributed by atoms with van der Waals surface area (Å²) in [5, 5.41) is 2.86. The molecule has 1 aliphatic rings. The molecule has 1 N–H and O–H groups in total. The first-order valence-electron chi connectivity index (χ1n) is 10.4. The molecule has 2 aromatic carbocycles. The predicted octanol–water partition coefficient (Wildman–Crippen LogP) is 5.24. The van der Waals surface area contributed by atoms with E-state index in [1.165, 1.54) is 17.7 Å². The van der Waals surface area contributed by atoms with E-state index >= 15 is 0 Å². The maximum absolute atomic E-state index is 12.8. The Hall–Kier alpha value is -2.38. The van der Waals surface area contributed by atoms with E-state index in [4.69, 9.17) is 9.47 Å². The number of amides is 1. The zero-order chi connectivity index (χ0) is 22.6.